The summed E-state index contributed by atoms with van der Waals surface area (Å²) in [5, 5.41) is 1.36. The van der Waals surface area contributed by atoms with Crippen LogP contribution in [0.25, 0.3) is 0 Å². The number of thioether (sulfide) groups is 1. The molecule has 0 unspecified atom stereocenters. The number of hydrogen-bond acceptors (Lipinski definition) is 5. The first-order valence-electron chi connectivity index (χ1n) is 4.98. The summed E-state index contributed by atoms with van der Waals surface area (Å²) in [4.78, 5) is 12.6. The third-order valence-electron chi connectivity index (χ3n) is 1.98. The molecule has 0 spiro atoms. The lowest BCUT2D eigenvalue weighted by Crippen LogP contribution is -1.95. The molecule has 0 saturated heterocycles. The van der Waals surface area contributed by atoms with E-state index in [0.717, 1.165) is 10.7 Å². The Bertz CT molecular complexity index is 495. The molecule has 2 N–H and O–H groups in total. The minimum atomic E-state index is 0.471. The van der Waals surface area contributed by atoms with Crippen LogP contribution in [0.15, 0.2) is 29.4 Å². The van der Waals surface area contributed by atoms with E-state index in [-0.39, 0.29) is 0 Å². The molecule has 0 amide bonds. The minimum absolute atomic E-state index is 0.471. The van der Waals surface area contributed by atoms with E-state index in [0.29, 0.717) is 22.4 Å². The molecular weight excluding hydrogens is 256 g/mol. The van der Waals surface area contributed by atoms with E-state index >= 15 is 0 Å². The Morgan fingerprint density at radius 1 is 1.35 bits per heavy atom. The van der Waals surface area contributed by atoms with E-state index in [9.17, 15) is 0 Å². The number of nitrogens with two attached hydrogens (primary N) is 1. The van der Waals surface area contributed by atoms with E-state index in [1.165, 1.54) is 0 Å². The molecule has 4 nitrogen and oxygen atoms in total. The molecule has 0 fully saturated rings. The standard InChI is InChI=1S/C11H11ClN4S/c1-7-4-9(12)16-10(15-7)6-17-11-3-2-8(13)5-14-11/h2-5H,6,13H2,1H3. The van der Waals surface area contributed by atoms with Crippen LogP contribution in [-0.4, -0.2) is 15.0 Å². The molecule has 0 saturated carbocycles. The monoisotopic (exact) mass is 266 g/mol. The summed E-state index contributed by atoms with van der Waals surface area (Å²) >= 11 is 7.41. The second kappa shape index (κ2) is 5.33. The van der Waals surface area contributed by atoms with Gasteiger partial charge in [0.2, 0.25) is 0 Å². The van der Waals surface area contributed by atoms with Gasteiger partial charge in [0.25, 0.3) is 0 Å². The number of halogens is 1. The summed E-state index contributed by atoms with van der Waals surface area (Å²) in [7, 11) is 0. The highest BCUT2D eigenvalue weighted by molar-refractivity contribution is 7.98. The number of nitrogens with zero attached hydrogens (tertiary/aromatic N) is 3. The van der Waals surface area contributed by atoms with Crippen molar-refractivity contribution in [1.29, 1.82) is 0 Å². The van der Waals surface area contributed by atoms with Gasteiger partial charge in [0.1, 0.15) is 11.0 Å². The van der Waals surface area contributed by atoms with Gasteiger partial charge in [0.15, 0.2) is 0 Å². The van der Waals surface area contributed by atoms with Crippen LogP contribution in [0.2, 0.25) is 5.15 Å². The Morgan fingerprint density at radius 3 is 2.82 bits per heavy atom. The maximum absolute atomic E-state index is 5.86. The first-order chi connectivity index (χ1) is 8.13. The van der Waals surface area contributed by atoms with Gasteiger partial charge in [-0.1, -0.05) is 23.4 Å². The predicted molar refractivity (Wildman–Crippen MR) is 70.0 cm³/mol. The fourth-order valence-electron chi connectivity index (χ4n) is 1.27. The van der Waals surface area contributed by atoms with E-state index in [4.69, 9.17) is 17.3 Å². The SMILES string of the molecule is Cc1cc(Cl)nc(CSc2ccc(N)cn2)n1. The maximum atomic E-state index is 5.86. The minimum Gasteiger partial charge on any atom is -0.397 e. The smallest absolute Gasteiger partial charge is 0.140 e. The Balaban J connectivity index is 2.04. The van der Waals surface area contributed by atoms with Crippen molar-refractivity contribution in [3.63, 3.8) is 0 Å². The molecule has 17 heavy (non-hydrogen) atoms. The summed E-state index contributed by atoms with van der Waals surface area (Å²) in [5.74, 6) is 1.34. The molecule has 88 valence electrons. The van der Waals surface area contributed by atoms with Crippen LogP contribution in [0.5, 0.6) is 0 Å². The number of aromatic nitrogens is 3. The van der Waals surface area contributed by atoms with E-state index in [1.54, 1.807) is 24.0 Å². The lowest BCUT2D eigenvalue weighted by Gasteiger charge is -2.02. The zero-order valence-electron chi connectivity index (χ0n) is 9.22. The molecule has 0 aliphatic carbocycles. The second-order valence-corrected chi connectivity index (χ2v) is 4.85. The van der Waals surface area contributed by atoms with Gasteiger partial charge in [-0.3, -0.25) is 0 Å². The maximum Gasteiger partial charge on any atom is 0.140 e. The normalized spacial score (nSPS) is 10.5. The molecule has 2 heterocycles. The zero-order valence-corrected chi connectivity index (χ0v) is 10.8. The van der Waals surface area contributed by atoms with Crippen LogP contribution >= 0.6 is 23.4 Å². The molecular formula is C11H11ClN4S. The van der Waals surface area contributed by atoms with Crippen molar-refractivity contribution < 1.29 is 0 Å². The number of anilines is 1. The van der Waals surface area contributed by atoms with Crippen molar-refractivity contribution in [1.82, 2.24) is 15.0 Å². The zero-order chi connectivity index (χ0) is 12.3. The van der Waals surface area contributed by atoms with Gasteiger partial charge in [0.05, 0.1) is 22.7 Å². The molecule has 2 aromatic heterocycles. The highest BCUT2D eigenvalue weighted by Gasteiger charge is 2.02. The first kappa shape index (κ1) is 12.1. The van der Waals surface area contributed by atoms with Crippen molar-refractivity contribution in [3.8, 4) is 0 Å². The van der Waals surface area contributed by atoms with Gasteiger partial charge in [0, 0.05) is 5.69 Å². The van der Waals surface area contributed by atoms with Crippen LogP contribution in [0, 0.1) is 6.92 Å². The number of rotatable bonds is 3. The van der Waals surface area contributed by atoms with Gasteiger partial charge in [-0.05, 0) is 25.1 Å². The Labute approximate surface area is 109 Å². The molecule has 0 radical (unpaired) electrons. The van der Waals surface area contributed by atoms with Gasteiger partial charge in [-0.15, -0.1) is 0 Å². The molecule has 0 aliphatic heterocycles. The summed E-state index contributed by atoms with van der Waals surface area (Å²) in [6, 6.07) is 5.42. The van der Waals surface area contributed by atoms with Crippen molar-refractivity contribution in [2.24, 2.45) is 0 Å². The average molecular weight is 267 g/mol. The van der Waals surface area contributed by atoms with E-state index in [1.807, 2.05) is 19.1 Å². The number of nitrogen functional groups attached to an aromatic ring is 1. The second-order valence-electron chi connectivity index (χ2n) is 3.47. The largest absolute Gasteiger partial charge is 0.397 e. The highest BCUT2D eigenvalue weighted by atomic mass is 35.5. The predicted octanol–water partition coefficient (Wildman–Crippen LogP) is 2.71. The fourth-order valence-corrected chi connectivity index (χ4v) is 2.22. The van der Waals surface area contributed by atoms with Gasteiger partial charge in [-0.2, -0.15) is 0 Å². The summed E-state index contributed by atoms with van der Waals surface area (Å²) < 4.78 is 0. The molecule has 0 atom stereocenters. The molecule has 0 aliphatic rings. The Kier molecular flexibility index (Phi) is 3.81. The summed E-state index contributed by atoms with van der Waals surface area (Å²) in [6.45, 7) is 1.89. The van der Waals surface area contributed by atoms with Crippen LogP contribution < -0.4 is 5.73 Å². The van der Waals surface area contributed by atoms with Crippen molar-refractivity contribution in [3.05, 3.63) is 41.1 Å². The number of aryl methyl sites for hydroxylation is 1. The fraction of sp³-hybridized carbons (Fsp3) is 0.182. The van der Waals surface area contributed by atoms with Crippen LogP contribution in [-0.2, 0) is 5.75 Å². The van der Waals surface area contributed by atoms with Crippen molar-refractivity contribution >= 4 is 29.1 Å². The number of pyridine rings is 1. The van der Waals surface area contributed by atoms with Crippen molar-refractivity contribution in [2.45, 2.75) is 17.7 Å². The van der Waals surface area contributed by atoms with Crippen molar-refractivity contribution in [2.75, 3.05) is 5.73 Å². The van der Waals surface area contributed by atoms with Gasteiger partial charge >= 0.3 is 0 Å². The molecule has 0 aromatic carbocycles. The third kappa shape index (κ3) is 3.57. The quantitative estimate of drug-likeness (QED) is 0.684. The van der Waals surface area contributed by atoms with Crippen LogP contribution in [0.1, 0.15) is 11.5 Å². The van der Waals surface area contributed by atoms with Gasteiger partial charge < -0.3 is 5.73 Å². The van der Waals surface area contributed by atoms with E-state index < -0.39 is 0 Å². The molecule has 6 heteroatoms. The summed E-state index contributed by atoms with van der Waals surface area (Å²) in [6.07, 6.45) is 1.63. The summed E-state index contributed by atoms with van der Waals surface area (Å²) in [5.41, 5.74) is 7.08. The topological polar surface area (TPSA) is 64.7 Å². The number of hydrogen-bond donors (Lipinski definition) is 1. The molecule has 0 bridgehead atoms. The molecule has 2 rings (SSSR count). The molecule has 2 aromatic rings. The van der Waals surface area contributed by atoms with Crippen LogP contribution in [0.3, 0.4) is 0 Å². The van der Waals surface area contributed by atoms with Gasteiger partial charge in [-0.25, -0.2) is 15.0 Å². The average Bonchev–Trinajstić information content (AvgIpc) is 2.27. The highest BCUT2D eigenvalue weighted by Crippen LogP contribution is 2.20. The third-order valence-corrected chi connectivity index (χ3v) is 3.11. The van der Waals surface area contributed by atoms with Crippen LogP contribution in [0.4, 0.5) is 5.69 Å². The Hall–Kier alpha value is -1.33. The Morgan fingerprint density at radius 2 is 2.18 bits per heavy atom. The lowest BCUT2D eigenvalue weighted by atomic mass is 10.4. The first-order valence-corrected chi connectivity index (χ1v) is 6.34. The van der Waals surface area contributed by atoms with E-state index in [2.05, 4.69) is 15.0 Å². The lowest BCUT2D eigenvalue weighted by molar-refractivity contribution is 0.992.